The molecule has 1 N–H and O–H groups in total. The van der Waals surface area contributed by atoms with Crippen molar-refractivity contribution >= 4 is 17.0 Å². The molecule has 37 heavy (non-hydrogen) atoms. The zero-order valence-corrected chi connectivity index (χ0v) is 22.7. The second-order valence-corrected chi connectivity index (χ2v) is 11.9. The van der Waals surface area contributed by atoms with E-state index in [1.807, 2.05) is 19.2 Å². The van der Waals surface area contributed by atoms with Crippen LogP contribution in [0.3, 0.4) is 0 Å². The van der Waals surface area contributed by atoms with E-state index >= 15 is 0 Å². The van der Waals surface area contributed by atoms with Crippen molar-refractivity contribution in [3.63, 3.8) is 0 Å². The summed E-state index contributed by atoms with van der Waals surface area (Å²) in [5, 5.41) is 3.54. The number of aromatic nitrogens is 1. The lowest BCUT2D eigenvalue weighted by Gasteiger charge is -2.39. The fourth-order valence-corrected chi connectivity index (χ4v) is 6.17. The Morgan fingerprint density at radius 1 is 1.08 bits per heavy atom. The van der Waals surface area contributed by atoms with Crippen LogP contribution in [0.2, 0.25) is 0 Å². The summed E-state index contributed by atoms with van der Waals surface area (Å²) in [6, 6.07) is 14.3. The van der Waals surface area contributed by atoms with E-state index in [0.29, 0.717) is 0 Å². The van der Waals surface area contributed by atoms with Gasteiger partial charge >= 0.3 is 0 Å². The summed E-state index contributed by atoms with van der Waals surface area (Å²) in [5.41, 5.74) is 9.45. The summed E-state index contributed by atoms with van der Waals surface area (Å²) in [4.78, 5) is 8.15. The molecule has 2 aliphatic rings. The monoisotopic (exact) mass is 517 g/mol. The Kier molecular flexibility index (Phi) is 6.93. The first kappa shape index (κ1) is 25.6. The van der Waals surface area contributed by atoms with Crippen molar-refractivity contribution < 1.29 is 8.78 Å². The maximum atomic E-state index is 13.8. The third kappa shape index (κ3) is 5.33. The Balaban J connectivity index is 1.47. The normalized spacial score (nSPS) is 20.3. The van der Waals surface area contributed by atoms with Gasteiger partial charge in [0.2, 0.25) is 0 Å². The van der Waals surface area contributed by atoms with Gasteiger partial charge in [-0.25, -0.2) is 4.39 Å². The predicted octanol–water partition coefficient (Wildman–Crippen LogP) is 7.36. The molecular weight excluding hydrogens is 484 g/mol. The van der Waals surface area contributed by atoms with Gasteiger partial charge < -0.3 is 5.32 Å². The van der Waals surface area contributed by atoms with E-state index < -0.39 is 0 Å². The van der Waals surface area contributed by atoms with Gasteiger partial charge in [-0.05, 0) is 119 Å². The number of allylic oxidation sites excluding steroid dienone is 1. The highest BCUT2D eigenvalue weighted by atomic mass is 32.1. The molecule has 0 bridgehead atoms. The fraction of sp³-hybridized carbons (Fsp3) is 0.355. The van der Waals surface area contributed by atoms with Gasteiger partial charge in [0.25, 0.3) is 0 Å². The highest BCUT2D eigenvalue weighted by molar-refractivity contribution is 7.10. The summed E-state index contributed by atoms with van der Waals surface area (Å²) >= 11 is 1.23. The molecule has 0 amide bonds. The Bertz CT molecular complexity index is 1380. The molecule has 1 atom stereocenters. The molecule has 3 nitrogen and oxygen atoms in total. The van der Waals surface area contributed by atoms with Gasteiger partial charge in [0.05, 0.1) is 5.70 Å². The van der Waals surface area contributed by atoms with Crippen molar-refractivity contribution in [2.75, 3.05) is 13.1 Å². The van der Waals surface area contributed by atoms with Gasteiger partial charge in [0.1, 0.15) is 5.82 Å². The van der Waals surface area contributed by atoms with E-state index in [2.05, 4.69) is 59.9 Å². The highest BCUT2D eigenvalue weighted by Gasteiger charge is 2.46. The summed E-state index contributed by atoms with van der Waals surface area (Å²) in [6.07, 6.45) is 6.69. The molecule has 1 aromatic carbocycles. The minimum absolute atomic E-state index is 0.141. The molecule has 0 spiro atoms. The lowest BCUT2D eigenvalue weighted by atomic mass is 9.77. The van der Waals surface area contributed by atoms with Crippen LogP contribution in [0.25, 0.3) is 5.70 Å². The predicted molar refractivity (Wildman–Crippen MR) is 147 cm³/mol. The van der Waals surface area contributed by atoms with E-state index in [4.69, 9.17) is 0 Å². The number of nitrogens with zero attached hydrogens (tertiary/aromatic N) is 2. The highest BCUT2D eigenvalue weighted by Crippen LogP contribution is 2.46. The molecule has 2 aliphatic heterocycles. The van der Waals surface area contributed by atoms with Crippen molar-refractivity contribution in [1.29, 1.82) is 0 Å². The van der Waals surface area contributed by atoms with Gasteiger partial charge in [-0.1, -0.05) is 11.8 Å². The van der Waals surface area contributed by atoms with Gasteiger partial charge in [-0.3, -0.25) is 9.88 Å². The molecular formula is C31H33F2N3S. The fourth-order valence-electron chi connectivity index (χ4n) is 5.45. The first-order chi connectivity index (χ1) is 17.6. The molecule has 4 heterocycles. The smallest absolute Gasteiger partial charge is 0.176 e. The van der Waals surface area contributed by atoms with Gasteiger partial charge in [0.15, 0.2) is 5.13 Å². The summed E-state index contributed by atoms with van der Waals surface area (Å²) < 4.78 is 27.4. The van der Waals surface area contributed by atoms with Crippen LogP contribution in [0.15, 0.2) is 77.8 Å². The van der Waals surface area contributed by atoms with Crippen molar-refractivity contribution in [1.82, 2.24) is 15.2 Å². The van der Waals surface area contributed by atoms with Gasteiger partial charge in [-0.15, -0.1) is 11.3 Å². The maximum Gasteiger partial charge on any atom is 0.176 e. The summed E-state index contributed by atoms with van der Waals surface area (Å²) in [6.45, 7) is 10.4. The molecule has 1 saturated heterocycles. The second kappa shape index (κ2) is 10.0. The number of rotatable bonds is 7. The van der Waals surface area contributed by atoms with Crippen LogP contribution in [0.1, 0.15) is 55.3 Å². The minimum atomic E-state index is -0.248. The van der Waals surface area contributed by atoms with E-state index in [9.17, 15) is 8.78 Å². The standard InChI is InChI=1S/C31H33F2N3S/c1-21-17-27(23-6-9-25(32)10-7-23)35-28(18-21)31(14-13-26-11-12-29(33)37-26)15-16-36(20-31)30(3,4)24-8-5-22(2)34-19-24/h5-12,17,19,35H,13-16,20H2,1-4H3. The number of hydrogen-bond donors (Lipinski definition) is 1. The number of thiophene rings is 1. The largest absolute Gasteiger partial charge is 0.351 e. The molecule has 6 heteroatoms. The Hall–Kier alpha value is -3.05. The Morgan fingerprint density at radius 3 is 2.54 bits per heavy atom. The number of halogens is 2. The van der Waals surface area contributed by atoms with Gasteiger partial charge in [0, 0.05) is 40.0 Å². The quantitative estimate of drug-likeness (QED) is 0.332. The van der Waals surface area contributed by atoms with Crippen molar-refractivity contribution in [2.24, 2.45) is 5.41 Å². The molecule has 0 saturated carbocycles. The number of hydrogen-bond acceptors (Lipinski definition) is 4. The van der Waals surface area contributed by atoms with E-state index in [1.165, 1.54) is 29.0 Å². The van der Waals surface area contributed by atoms with Crippen molar-refractivity contribution in [3.8, 4) is 0 Å². The van der Waals surface area contributed by atoms with E-state index in [0.717, 1.165) is 65.5 Å². The van der Waals surface area contributed by atoms with Crippen LogP contribution in [-0.2, 0) is 12.0 Å². The maximum absolute atomic E-state index is 13.8. The first-order valence-corrected chi connectivity index (χ1v) is 13.6. The van der Waals surface area contributed by atoms with Crippen LogP contribution in [0.5, 0.6) is 0 Å². The van der Waals surface area contributed by atoms with Gasteiger partial charge in [-0.2, -0.15) is 4.39 Å². The summed E-state index contributed by atoms with van der Waals surface area (Å²) in [7, 11) is 0. The summed E-state index contributed by atoms with van der Waals surface area (Å²) in [5.74, 6) is -0.248. The average Bonchev–Trinajstić information content (AvgIpc) is 3.51. The molecule has 0 radical (unpaired) electrons. The molecule has 2 aromatic heterocycles. The lowest BCUT2D eigenvalue weighted by molar-refractivity contribution is 0.135. The average molecular weight is 518 g/mol. The Labute approximate surface area is 222 Å². The first-order valence-electron chi connectivity index (χ1n) is 12.8. The molecule has 1 fully saturated rings. The number of pyridine rings is 1. The number of benzene rings is 1. The third-order valence-electron chi connectivity index (χ3n) is 7.87. The van der Waals surface area contributed by atoms with Crippen LogP contribution < -0.4 is 5.32 Å². The molecule has 0 aliphatic carbocycles. The molecule has 1 unspecified atom stereocenters. The lowest BCUT2D eigenvalue weighted by Crippen LogP contribution is -2.43. The zero-order valence-electron chi connectivity index (χ0n) is 21.9. The molecule has 5 rings (SSSR count). The van der Waals surface area contributed by atoms with Crippen LogP contribution in [-0.4, -0.2) is 23.0 Å². The number of likely N-dealkylation sites (tertiary alicyclic amines) is 1. The zero-order chi connectivity index (χ0) is 26.2. The topological polar surface area (TPSA) is 28.2 Å². The van der Waals surface area contributed by atoms with Crippen molar-refractivity contribution in [2.45, 2.75) is 52.5 Å². The third-order valence-corrected chi connectivity index (χ3v) is 8.80. The number of nitrogens with one attached hydrogen (secondary N) is 1. The molecule has 192 valence electrons. The Morgan fingerprint density at radius 2 is 1.86 bits per heavy atom. The second-order valence-electron chi connectivity index (χ2n) is 10.8. The van der Waals surface area contributed by atoms with Crippen molar-refractivity contribution in [3.05, 3.63) is 110 Å². The van der Waals surface area contributed by atoms with Crippen LogP contribution >= 0.6 is 11.3 Å². The van der Waals surface area contributed by atoms with E-state index in [1.54, 1.807) is 18.2 Å². The molecule has 3 aromatic rings. The van der Waals surface area contributed by atoms with Crippen LogP contribution in [0.4, 0.5) is 8.78 Å². The SMILES string of the molecule is CC1=C=C(C2(CCc3ccc(F)s3)CCN(C(C)(C)c3ccc(C)nc3)C2)NC(c2ccc(F)cc2)=C1. The van der Waals surface area contributed by atoms with Crippen LogP contribution in [0, 0.1) is 23.3 Å². The minimum Gasteiger partial charge on any atom is -0.351 e. The van der Waals surface area contributed by atoms with E-state index in [-0.39, 0.29) is 21.9 Å². The number of aryl methyl sites for hydroxylation is 2.